The zero-order valence-electron chi connectivity index (χ0n) is 15.5. The summed E-state index contributed by atoms with van der Waals surface area (Å²) in [4.78, 5) is 22.9. The van der Waals surface area contributed by atoms with Gasteiger partial charge in [0.15, 0.2) is 0 Å². The Morgan fingerprint density at radius 1 is 1.07 bits per heavy atom. The van der Waals surface area contributed by atoms with Gasteiger partial charge in [0.2, 0.25) is 0 Å². The minimum absolute atomic E-state index is 0.0318. The van der Waals surface area contributed by atoms with Crippen LogP contribution in [0.2, 0.25) is 0 Å². The maximum Gasteiger partial charge on any atom is 0.337 e. The van der Waals surface area contributed by atoms with Crippen LogP contribution in [0.3, 0.4) is 0 Å². The lowest BCUT2D eigenvalue weighted by Crippen LogP contribution is -2.14. The van der Waals surface area contributed by atoms with Crippen LogP contribution in [-0.2, 0) is 14.8 Å². The van der Waals surface area contributed by atoms with E-state index in [9.17, 15) is 23.1 Å². The van der Waals surface area contributed by atoms with Crippen LogP contribution in [0.15, 0.2) is 47.4 Å². The van der Waals surface area contributed by atoms with Crippen LogP contribution in [0, 0.1) is 0 Å². The molecule has 0 saturated carbocycles. The smallest absolute Gasteiger partial charge is 0.337 e. The molecule has 9 heteroatoms. The number of esters is 1. The molecule has 0 atom stereocenters. The van der Waals surface area contributed by atoms with Crippen LogP contribution in [0.1, 0.15) is 40.5 Å². The molecule has 2 aromatic rings. The second-order valence-electron chi connectivity index (χ2n) is 5.87. The molecule has 0 amide bonds. The molecule has 0 aliphatic heterocycles. The van der Waals surface area contributed by atoms with Gasteiger partial charge in [0.1, 0.15) is 5.75 Å². The summed E-state index contributed by atoms with van der Waals surface area (Å²) in [5.74, 6) is -1.54. The number of carbonyl (C=O) groups is 2. The SMILES string of the molecule is CCCCOc1ccc(S(=O)(=O)Nc2cc(C(=O)O)cc(C(=O)OC)c2)cc1. The van der Waals surface area contributed by atoms with Gasteiger partial charge in [-0.3, -0.25) is 4.72 Å². The van der Waals surface area contributed by atoms with Crippen LogP contribution < -0.4 is 9.46 Å². The van der Waals surface area contributed by atoms with E-state index in [0.717, 1.165) is 32.1 Å². The molecule has 0 unspecified atom stereocenters. The van der Waals surface area contributed by atoms with Gasteiger partial charge in [0, 0.05) is 0 Å². The molecule has 28 heavy (non-hydrogen) atoms. The standard InChI is InChI=1S/C19H21NO7S/c1-3-4-9-27-16-5-7-17(8-6-16)28(24,25)20-15-11-13(18(21)22)10-14(12-15)19(23)26-2/h5-8,10-12,20H,3-4,9H2,1-2H3,(H,21,22). The molecule has 8 nitrogen and oxygen atoms in total. The molecule has 0 heterocycles. The van der Waals surface area contributed by atoms with Crippen molar-refractivity contribution in [3.63, 3.8) is 0 Å². The van der Waals surface area contributed by atoms with Gasteiger partial charge in [-0.25, -0.2) is 18.0 Å². The molecular formula is C19H21NO7S. The molecule has 2 N–H and O–H groups in total. The third-order valence-corrected chi connectivity index (χ3v) is 5.15. The lowest BCUT2D eigenvalue weighted by molar-refractivity contribution is 0.0600. The summed E-state index contributed by atoms with van der Waals surface area (Å²) in [6.45, 7) is 2.58. The first-order chi connectivity index (χ1) is 13.3. The van der Waals surface area contributed by atoms with Gasteiger partial charge < -0.3 is 14.6 Å². The number of anilines is 1. The Morgan fingerprint density at radius 3 is 2.29 bits per heavy atom. The second-order valence-corrected chi connectivity index (χ2v) is 7.56. The molecule has 150 valence electrons. The van der Waals surface area contributed by atoms with Crippen molar-refractivity contribution in [3.8, 4) is 5.75 Å². The van der Waals surface area contributed by atoms with E-state index in [2.05, 4.69) is 9.46 Å². The minimum atomic E-state index is -4.00. The molecule has 0 aliphatic rings. The van der Waals surface area contributed by atoms with E-state index in [4.69, 9.17) is 4.74 Å². The summed E-state index contributed by atoms with van der Waals surface area (Å²) in [6, 6.07) is 9.27. The Morgan fingerprint density at radius 2 is 1.71 bits per heavy atom. The van der Waals surface area contributed by atoms with Crippen LogP contribution >= 0.6 is 0 Å². The van der Waals surface area contributed by atoms with Gasteiger partial charge in [-0.1, -0.05) is 13.3 Å². The Kier molecular flexibility index (Phi) is 7.00. The van der Waals surface area contributed by atoms with Gasteiger partial charge in [-0.05, 0) is 48.9 Å². The number of carboxylic acid groups (broad SMARTS) is 1. The Hall–Kier alpha value is -3.07. The fourth-order valence-electron chi connectivity index (χ4n) is 2.31. The minimum Gasteiger partial charge on any atom is -0.494 e. The third kappa shape index (κ3) is 5.46. The number of carbonyl (C=O) groups excluding carboxylic acids is 1. The average molecular weight is 407 g/mol. The summed E-state index contributed by atoms with van der Waals surface area (Å²) in [6.07, 6.45) is 1.88. The highest BCUT2D eigenvalue weighted by Crippen LogP contribution is 2.22. The fraction of sp³-hybridized carbons (Fsp3) is 0.263. The maximum atomic E-state index is 12.6. The zero-order valence-corrected chi connectivity index (χ0v) is 16.3. The number of nitrogens with one attached hydrogen (secondary N) is 1. The van der Waals surface area contributed by atoms with Crippen LogP contribution in [-0.4, -0.2) is 39.2 Å². The highest BCUT2D eigenvalue weighted by Gasteiger charge is 2.18. The van der Waals surface area contributed by atoms with Crippen molar-refractivity contribution in [1.82, 2.24) is 0 Å². The summed E-state index contributed by atoms with van der Waals surface area (Å²) in [7, 11) is -2.85. The molecule has 0 fully saturated rings. The maximum absolute atomic E-state index is 12.6. The second kappa shape index (κ2) is 9.23. The first-order valence-electron chi connectivity index (χ1n) is 8.49. The van der Waals surface area contributed by atoms with Gasteiger partial charge in [0.25, 0.3) is 10.0 Å². The van der Waals surface area contributed by atoms with E-state index in [1.54, 1.807) is 0 Å². The molecule has 0 radical (unpaired) electrons. The lowest BCUT2D eigenvalue weighted by atomic mass is 10.1. The number of rotatable bonds is 9. The molecule has 2 rings (SSSR count). The number of ether oxygens (including phenoxy) is 2. The van der Waals surface area contributed by atoms with E-state index >= 15 is 0 Å². The number of hydrogen-bond donors (Lipinski definition) is 2. The van der Waals surface area contributed by atoms with Gasteiger partial charge in [0.05, 0.1) is 35.4 Å². The number of aromatic carboxylic acids is 1. The van der Waals surface area contributed by atoms with Crippen molar-refractivity contribution in [2.24, 2.45) is 0 Å². The van der Waals surface area contributed by atoms with E-state index in [1.165, 1.54) is 30.3 Å². The molecular weight excluding hydrogens is 386 g/mol. The van der Waals surface area contributed by atoms with Crippen molar-refractivity contribution in [2.75, 3.05) is 18.4 Å². The number of carboxylic acids is 1. The van der Waals surface area contributed by atoms with Crippen molar-refractivity contribution in [3.05, 3.63) is 53.6 Å². The van der Waals surface area contributed by atoms with Crippen LogP contribution in [0.5, 0.6) is 5.75 Å². The Labute approximate surface area is 163 Å². The predicted molar refractivity (Wildman–Crippen MR) is 102 cm³/mol. The largest absolute Gasteiger partial charge is 0.494 e. The number of methoxy groups -OCH3 is 1. The molecule has 0 aromatic heterocycles. The van der Waals surface area contributed by atoms with Crippen LogP contribution in [0.4, 0.5) is 5.69 Å². The predicted octanol–water partition coefficient (Wildman–Crippen LogP) is 3.15. The third-order valence-electron chi connectivity index (χ3n) is 3.75. The number of hydrogen-bond acceptors (Lipinski definition) is 6. The molecule has 2 aromatic carbocycles. The van der Waals surface area contributed by atoms with Gasteiger partial charge in [-0.15, -0.1) is 0 Å². The van der Waals surface area contributed by atoms with E-state index in [0.29, 0.717) is 12.4 Å². The van der Waals surface area contributed by atoms with Crippen molar-refractivity contribution in [2.45, 2.75) is 24.7 Å². The van der Waals surface area contributed by atoms with Gasteiger partial charge >= 0.3 is 11.9 Å². The first-order valence-corrected chi connectivity index (χ1v) is 9.97. The zero-order chi connectivity index (χ0) is 20.7. The number of unbranched alkanes of at least 4 members (excludes halogenated alkanes) is 1. The Balaban J connectivity index is 2.26. The summed E-state index contributed by atoms with van der Waals surface area (Å²) >= 11 is 0. The van der Waals surface area contributed by atoms with Crippen LogP contribution in [0.25, 0.3) is 0 Å². The van der Waals surface area contributed by atoms with E-state index in [1.807, 2.05) is 6.92 Å². The van der Waals surface area contributed by atoms with Crippen molar-refractivity contribution in [1.29, 1.82) is 0 Å². The topological polar surface area (TPSA) is 119 Å². The normalized spacial score (nSPS) is 10.9. The van der Waals surface area contributed by atoms with E-state index < -0.39 is 22.0 Å². The molecule has 0 saturated heterocycles. The molecule has 0 bridgehead atoms. The molecule has 0 aliphatic carbocycles. The summed E-state index contributed by atoms with van der Waals surface area (Å²) in [5, 5.41) is 9.18. The summed E-state index contributed by atoms with van der Waals surface area (Å²) in [5.41, 5.74) is -0.399. The van der Waals surface area contributed by atoms with E-state index in [-0.39, 0.29) is 21.7 Å². The van der Waals surface area contributed by atoms with Crippen molar-refractivity contribution >= 4 is 27.6 Å². The number of sulfonamides is 1. The Bertz CT molecular complexity index is 953. The fourth-order valence-corrected chi connectivity index (χ4v) is 3.35. The highest BCUT2D eigenvalue weighted by molar-refractivity contribution is 7.92. The lowest BCUT2D eigenvalue weighted by Gasteiger charge is -2.11. The molecule has 0 spiro atoms. The summed E-state index contributed by atoms with van der Waals surface area (Å²) < 4.78 is 37.5. The monoisotopic (exact) mass is 407 g/mol. The number of benzene rings is 2. The van der Waals surface area contributed by atoms with Crippen molar-refractivity contribution < 1.29 is 32.6 Å². The highest BCUT2D eigenvalue weighted by atomic mass is 32.2. The average Bonchev–Trinajstić information content (AvgIpc) is 2.67. The van der Waals surface area contributed by atoms with Gasteiger partial charge in [-0.2, -0.15) is 0 Å². The first kappa shape index (κ1) is 21.2. The quantitative estimate of drug-likeness (QED) is 0.484.